The molecule has 1 unspecified atom stereocenters. The lowest BCUT2D eigenvalue weighted by molar-refractivity contribution is -0.134. The second kappa shape index (κ2) is 13.1. The van der Waals surface area contributed by atoms with E-state index in [1.807, 2.05) is 29.7 Å². The molecule has 1 atom stereocenters. The summed E-state index contributed by atoms with van der Waals surface area (Å²) in [6.45, 7) is 10.8. The van der Waals surface area contributed by atoms with Crippen molar-refractivity contribution in [1.82, 2.24) is 4.98 Å². The largest absolute Gasteiger partial charge is 0.493 e. The number of benzene rings is 2. The van der Waals surface area contributed by atoms with E-state index in [1.54, 1.807) is 0 Å². The molecule has 0 bridgehead atoms. The first kappa shape index (κ1) is 29.3. The van der Waals surface area contributed by atoms with Crippen molar-refractivity contribution in [3.05, 3.63) is 69.4 Å². The van der Waals surface area contributed by atoms with Crippen molar-refractivity contribution in [3.8, 4) is 22.8 Å². The molecular weight excluding hydrogens is 526 g/mol. The van der Waals surface area contributed by atoms with Crippen molar-refractivity contribution in [1.29, 1.82) is 0 Å². The molecule has 208 valence electrons. The zero-order valence-electron chi connectivity index (χ0n) is 23.8. The molecule has 3 aromatic rings. The van der Waals surface area contributed by atoms with Gasteiger partial charge in [0.05, 0.1) is 6.61 Å². The van der Waals surface area contributed by atoms with E-state index in [2.05, 4.69) is 63.2 Å². The van der Waals surface area contributed by atoms with Gasteiger partial charge >= 0.3 is 0 Å². The van der Waals surface area contributed by atoms with Gasteiger partial charge in [0.2, 0.25) is 5.88 Å². The molecule has 2 aliphatic rings. The average Bonchev–Trinajstić information content (AvgIpc) is 3.54. The molecule has 5 rings (SSSR count). The summed E-state index contributed by atoms with van der Waals surface area (Å²) < 4.78 is 12.8. The molecule has 1 aliphatic carbocycles. The maximum atomic E-state index is 9.00. The van der Waals surface area contributed by atoms with Crippen LogP contribution in [-0.4, -0.2) is 40.4 Å². The Hall–Kier alpha value is -2.64. The lowest BCUT2D eigenvalue weighted by Crippen LogP contribution is -2.07. The van der Waals surface area contributed by atoms with Crippen LogP contribution < -0.4 is 9.47 Å². The van der Waals surface area contributed by atoms with Crippen molar-refractivity contribution >= 4 is 29.5 Å². The van der Waals surface area contributed by atoms with E-state index in [9.17, 15) is 0 Å². The summed E-state index contributed by atoms with van der Waals surface area (Å²) in [5.74, 6) is 3.27. The minimum Gasteiger partial charge on any atom is -0.493 e. The molecule has 39 heavy (non-hydrogen) atoms. The summed E-state index contributed by atoms with van der Waals surface area (Å²) in [6.07, 6.45) is 8.41. The molecule has 1 aromatic heterocycles. The van der Waals surface area contributed by atoms with Gasteiger partial charge in [-0.05, 0) is 115 Å². The number of aliphatic carboxylic acids is 1. The predicted molar refractivity (Wildman–Crippen MR) is 163 cm³/mol. The number of fused-ring (bicyclic) bond motifs is 2. The highest BCUT2D eigenvalue weighted by Crippen LogP contribution is 2.45. The fourth-order valence-corrected chi connectivity index (χ4v) is 6.97. The standard InChI is InChI=1S/C30H35NO2S2.C2H4O2/c1-18-20(3)30(32-13-7-14-34-5)21(4)19(2)29(18)25-9-6-8-24-23(25)10-11-26(24)33-28-16-27-22(17-31-28)12-15-35-27;1-2(3)4/h6,8-9,16-17,26H,7,10-15H2,1-5H3;1H3,(H,3,4). The number of carbonyl (C=O) groups is 1. The Bertz CT molecular complexity index is 1320. The van der Waals surface area contributed by atoms with E-state index in [0.29, 0.717) is 0 Å². The Kier molecular flexibility index (Phi) is 9.89. The predicted octanol–water partition coefficient (Wildman–Crippen LogP) is 7.92. The van der Waals surface area contributed by atoms with E-state index in [0.717, 1.165) is 62.3 Å². The van der Waals surface area contributed by atoms with Crippen molar-refractivity contribution < 1.29 is 19.4 Å². The van der Waals surface area contributed by atoms with Gasteiger partial charge in [-0.3, -0.25) is 4.79 Å². The quantitative estimate of drug-likeness (QED) is 0.278. The monoisotopic (exact) mass is 565 g/mol. The lowest BCUT2D eigenvalue weighted by atomic mass is 9.86. The maximum absolute atomic E-state index is 9.00. The zero-order chi connectivity index (χ0) is 28.1. The molecule has 0 spiro atoms. The van der Waals surface area contributed by atoms with Gasteiger partial charge in [0.15, 0.2) is 0 Å². The molecule has 2 heterocycles. The van der Waals surface area contributed by atoms with Gasteiger partial charge in [0.25, 0.3) is 5.97 Å². The first-order chi connectivity index (χ1) is 18.7. The highest BCUT2D eigenvalue weighted by atomic mass is 32.2. The number of carboxylic acids is 1. The van der Waals surface area contributed by atoms with Crippen LogP contribution in [0.4, 0.5) is 0 Å². The van der Waals surface area contributed by atoms with Crippen LogP contribution in [0.15, 0.2) is 35.4 Å². The second-order valence-corrected chi connectivity index (χ2v) is 12.3. The Balaban J connectivity index is 0.000000826. The Morgan fingerprint density at radius 2 is 1.85 bits per heavy atom. The molecule has 2 aromatic carbocycles. The van der Waals surface area contributed by atoms with E-state index < -0.39 is 5.97 Å². The van der Waals surface area contributed by atoms with Gasteiger partial charge in [0.1, 0.15) is 11.9 Å². The number of carboxylic acid groups (broad SMARTS) is 1. The Morgan fingerprint density at radius 1 is 1.13 bits per heavy atom. The molecule has 1 N–H and O–H groups in total. The Morgan fingerprint density at radius 3 is 2.54 bits per heavy atom. The fraction of sp³-hybridized carbons (Fsp3) is 0.438. The molecule has 5 nitrogen and oxygen atoms in total. The number of thioether (sulfide) groups is 2. The highest BCUT2D eigenvalue weighted by Gasteiger charge is 2.29. The minimum absolute atomic E-state index is 0.0590. The summed E-state index contributed by atoms with van der Waals surface area (Å²) in [4.78, 5) is 14.9. The van der Waals surface area contributed by atoms with Crippen LogP contribution >= 0.6 is 23.5 Å². The van der Waals surface area contributed by atoms with Gasteiger partial charge in [0, 0.05) is 29.8 Å². The summed E-state index contributed by atoms with van der Waals surface area (Å²) >= 11 is 3.78. The van der Waals surface area contributed by atoms with Crippen LogP contribution in [0.2, 0.25) is 0 Å². The fourth-order valence-electron chi connectivity index (χ4n) is 5.50. The third kappa shape index (κ3) is 6.58. The van der Waals surface area contributed by atoms with Gasteiger partial charge < -0.3 is 14.6 Å². The summed E-state index contributed by atoms with van der Waals surface area (Å²) in [6, 6.07) is 8.86. The molecule has 0 saturated carbocycles. The average molecular weight is 566 g/mol. The third-order valence-corrected chi connectivity index (χ3v) is 9.39. The lowest BCUT2D eigenvalue weighted by Gasteiger charge is -2.23. The molecule has 0 amide bonds. The SMILES string of the molecule is CC(=O)O.CSCCCOc1c(C)c(C)c(-c2cccc3c2CCC3Oc2cc3c(cn2)CCS3)c(C)c1C. The Labute approximate surface area is 241 Å². The van der Waals surface area contributed by atoms with Gasteiger partial charge in [-0.15, -0.1) is 11.8 Å². The van der Waals surface area contributed by atoms with Crippen LogP contribution in [0.3, 0.4) is 0 Å². The smallest absolute Gasteiger partial charge is 0.300 e. The van der Waals surface area contributed by atoms with E-state index in [1.165, 1.54) is 55.0 Å². The van der Waals surface area contributed by atoms with E-state index in [4.69, 9.17) is 19.4 Å². The highest BCUT2D eigenvalue weighted by molar-refractivity contribution is 7.99. The second-order valence-electron chi connectivity index (χ2n) is 10.2. The first-order valence-electron chi connectivity index (χ1n) is 13.5. The number of pyridine rings is 1. The number of nitrogens with zero attached hydrogens (tertiary/aromatic N) is 1. The van der Waals surface area contributed by atoms with Crippen molar-refractivity contribution in [2.75, 3.05) is 24.4 Å². The number of hydrogen-bond acceptors (Lipinski definition) is 6. The van der Waals surface area contributed by atoms with Crippen LogP contribution in [-0.2, 0) is 17.6 Å². The van der Waals surface area contributed by atoms with Crippen molar-refractivity contribution in [3.63, 3.8) is 0 Å². The van der Waals surface area contributed by atoms with Crippen LogP contribution in [0.25, 0.3) is 11.1 Å². The van der Waals surface area contributed by atoms with Gasteiger partial charge in [-0.1, -0.05) is 18.2 Å². The minimum atomic E-state index is -0.833. The van der Waals surface area contributed by atoms with Crippen LogP contribution in [0.1, 0.15) is 64.8 Å². The van der Waals surface area contributed by atoms with Gasteiger partial charge in [-0.2, -0.15) is 11.8 Å². The number of aromatic nitrogens is 1. The topological polar surface area (TPSA) is 68.7 Å². The summed E-state index contributed by atoms with van der Waals surface area (Å²) in [5, 5.41) is 7.42. The molecule has 0 radical (unpaired) electrons. The molecular formula is C32H39NO4S2. The van der Waals surface area contributed by atoms with Gasteiger partial charge in [-0.25, -0.2) is 4.98 Å². The number of ether oxygens (including phenoxy) is 2. The van der Waals surface area contributed by atoms with Crippen molar-refractivity contribution in [2.45, 2.75) is 71.3 Å². The summed E-state index contributed by atoms with van der Waals surface area (Å²) in [7, 11) is 0. The molecule has 7 heteroatoms. The maximum Gasteiger partial charge on any atom is 0.300 e. The zero-order valence-corrected chi connectivity index (χ0v) is 25.5. The first-order valence-corrected chi connectivity index (χ1v) is 15.9. The molecule has 1 aliphatic heterocycles. The third-order valence-electron chi connectivity index (χ3n) is 7.59. The van der Waals surface area contributed by atoms with Crippen LogP contribution in [0, 0.1) is 27.7 Å². The summed E-state index contributed by atoms with van der Waals surface area (Å²) in [5.41, 5.74) is 12.0. The van der Waals surface area contributed by atoms with E-state index >= 15 is 0 Å². The number of rotatable bonds is 8. The van der Waals surface area contributed by atoms with E-state index in [-0.39, 0.29) is 6.10 Å². The molecule has 0 fully saturated rings. The van der Waals surface area contributed by atoms with Crippen molar-refractivity contribution in [2.24, 2.45) is 0 Å². The molecule has 0 saturated heterocycles. The normalized spacial score (nSPS) is 15.3. The number of hydrogen-bond donors (Lipinski definition) is 1. The number of aryl methyl sites for hydroxylation is 1. The van der Waals surface area contributed by atoms with Crippen LogP contribution in [0.5, 0.6) is 11.6 Å².